The van der Waals surface area contributed by atoms with E-state index in [-0.39, 0.29) is 5.82 Å². The predicted octanol–water partition coefficient (Wildman–Crippen LogP) is 1.19. The van der Waals surface area contributed by atoms with Crippen molar-refractivity contribution in [3.63, 3.8) is 0 Å². The highest BCUT2D eigenvalue weighted by atomic mass is 35.5. The fourth-order valence-corrected chi connectivity index (χ4v) is 1.00. The van der Waals surface area contributed by atoms with E-state index in [2.05, 4.69) is 23.2 Å². The van der Waals surface area contributed by atoms with Crippen LogP contribution in [0.25, 0.3) is 0 Å². The Morgan fingerprint density at radius 2 is 2.42 bits per heavy atom. The lowest BCUT2D eigenvalue weighted by Crippen LogP contribution is -2.19. The van der Waals surface area contributed by atoms with Crippen LogP contribution in [-0.2, 0) is 0 Å². The van der Waals surface area contributed by atoms with Crippen LogP contribution < -0.4 is 11.2 Å². The summed E-state index contributed by atoms with van der Waals surface area (Å²) in [5.41, 5.74) is 8.82. The summed E-state index contributed by atoms with van der Waals surface area (Å²) in [7, 11) is 0. The Hall–Kier alpha value is -0.460. The quantitative estimate of drug-likeness (QED) is 0.494. The highest BCUT2D eigenvalue weighted by Gasteiger charge is 2.09. The molecule has 0 atom stereocenters. The second-order valence-electron chi connectivity index (χ2n) is 2.11. The molecule has 0 radical (unpaired) electrons. The number of aromatic nitrogens is 2. The van der Waals surface area contributed by atoms with E-state index < -0.39 is 0 Å². The molecule has 1 aromatic heterocycles. The summed E-state index contributed by atoms with van der Waals surface area (Å²) in [6.07, 6.45) is 0. The molecular weight excluding hydrogens is 216 g/mol. The number of thiocarbonyl (C=S) groups is 1. The van der Waals surface area contributed by atoms with E-state index in [1.165, 1.54) is 4.79 Å². The molecule has 0 bridgehead atoms. The zero-order chi connectivity index (χ0) is 9.30. The molecule has 4 nitrogen and oxygen atoms in total. The van der Waals surface area contributed by atoms with Crippen molar-refractivity contribution in [2.24, 2.45) is 0 Å². The first kappa shape index (κ1) is 9.63. The third kappa shape index (κ3) is 1.82. The second-order valence-corrected chi connectivity index (χ2v) is 3.65. The molecule has 0 saturated carbocycles. The fourth-order valence-electron chi connectivity index (χ4n) is 0.704. The lowest BCUT2D eigenvalue weighted by atomic mass is 10.5. The Balaban J connectivity index is 3.01. The molecule has 66 valence electrons. The van der Waals surface area contributed by atoms with Crippen molar-refractivity contribution < 1.29 is 0 Å². The van der Waals surface area contributed by atoms with Crippen molar-refractivity contribution in [2.75, 3.05) is 11.2 Å². The van der Waals surface area contributed by atoms with Gasteiger partial charge in [-0.25, -0.2) is 0 Å². The summed E-state index contributed by atoms with van der Waals surface area (Å²) in [4.78, 5) is 1.38. The number of rotatable bonds is 1. The third-order valence-electron chi connectivity index (χ3n) is 1.27. The van der Waals surface area contributed by atoms with E-state index in [0.29, 0.717) is 15.0 Å². The summed E-state index contributed by atoms with van der Waals surface area (Å²) in [6.45, 7) is 1.77. The maximum atomic E-state index is 5.77. The summed E-state index contributed by atoms with van der Waals surface area (Å²) in [5.74, 6) is 0.270. The minimum Gasteiger partial charge on any atom is -0.381 e. The molecular formula is C5H7ClN4S2. The van der Waals surface area contributed by atoms with Gasteiger partial charge in [-0.05, 0) is 6.92 Å². The van der Waals surface area contributed by atoms with Crippen LogP contribution in [-0.4, -0.2) is 14.2 Å². The van der Waals surface area contributed by atoms with Crippen molar-refractivity contribution in [3.8, 4) is 0 Å². The van der Waals surface area contributed by atoms with E-state index in [0.717, 1.165) is 0 Å². The first-order valence-electron chi connectivity index (χ1n) is 3.03. The van der Waals surface area contributed by atoms with Crippen molar-refractivity contribution in [3.05, 3.63) is 10.7 Å². The molecule has 0 spiro atoms. The Morgan fingerprint density at radius 3 is 2.75 bits per heavy atom. The molecule has 0 saturated heterocycles. The van der Waals surface area contributed by atoms with Gasteiger partial charge in [0.2, 0.25) is 0 Å². The van der Waals surface area contributed by atoms with Crippen molar-refractivity contribution in [2.45, 2.75) is 6.92 Å². The number of hydrogen-bond acceptors (Lipinski definition) is 3. The summed E-state index contributed by atoms with van der Waals surface area (Å²) in [5, 5.41) is 4.29. The van der Waals surface area contributed by atoms with Gasteiger partial charge in [-0.1, -0.05) is 23.8 Å². The molecule has 1 rings (SSSR count). The van der Waals surface area contributed by atoms with Crippen molar-refractivity contribution >= 4 is 46.6 Å². The number of thiol groups is 1. The Kier molecular flexibility index (Phi) is 2.81. The van der Waals surface area contributed by atoms with E-state index in [4.69, 9.17) is 29.6 Å². The van der Waals surface area contributed by atoms with Gasteiger partial charge in [0.15, 0.2) is 10.1 Å². The first-order valence-corrected chi connectivity index (χ1v) is 4.26. The van der Waals surface area contributed by atoms with E-state index in [1.54, 1.807) is 6.92 Å². The summed E-state index contributed by atoms with van der Waals surface area (Å²) >= 11 is 14.3. The molecule has 0 aliphatic heterocycles. The van der Waals surface area contributed by atoms with Crippen molar-refractivity contribution in [1.29, 1.82) is 0 Å². The van der Waals surface area contributed by atoms with Gasteiger partial charge in [0.1, 0.15) is 5.02 Å². The second kappa shape index (κ2) is 3.51. The van der Waals surface area contributed by atoms with Gasteiger partial charge in [0, 0.05) is 0 Å². The minimum atomic E-state index is 0.270. The maximum absolute atomic E-state index is 5.77. The molecule has 3 N–H and O–H groups in total. The molecule has 1 aromatic rings. The van der Waals surface area contributed by atoms with Crippen LogP contribution in [0, 0.1) is 6.92 Å². The molecule has 0 amide bonds. The first-order chi connectivity index (χ1) is 5.52. The number of nitrogen functional groups attached to an aromatic ring is 1. The Labute approximate surface area is 85.4 Å². The SMILES string of the molecule is Cc1c(Cl)c(N)nn1NC(=S)S. The summed E-state index contributed by atoms with van der Waals surface area (Å²) < 4.78 is 0.303. The molecule has 1 heterocycles. The van der Waals surface area contributed by atoms with E-state index >= 15 is 0 Å². The predicted molar refractivity (Wildman–Crippen MR) is 57.3 cm³/mol. The van der Waals surface area contributed by atoms with Crippen LogP contribution in [0.15, 0.2) is 0 Å². The molecule has 0 fully saturated rings. The van der Waals surface area contributed by atoms with Gasteiger partial charge in [-0.2, -0.15) is 4.79 Å². The van der Waals surface area contributed by atoms with Crippen LogP contribution in [0.3, 0.4) is 0 Å². The normalized spacial score (nSPS) is 9.92. The molecule has 12 heavy (non-hydrogen) atoms. The highest BCUT2D eigenvalue weighted by Crippen LogP contribution is 2.20. The number of anilines is 1. The molecule has 7 heteroatoms. The van der Waals surface area contributed by atoms with Gasteiger partial charge in [-0.3, -0.25) is 5.43 Å². The number of nitrogens with one attached hydrogen (secondary N) is 1. The van der Waals surface area contributed by atoms with Crippen molar-refractivity contribution in [1.82, 2.24) is 9.89 Å². The molecule has 0 unspecified atom stereocenters. The monoisotopic (exact) mass is 222 g/mol. The van der Waals surface area contributed by atoms with Gasteiger partial charge in [0.05, 0.1) is 5.69 Å². The van der Waals surface area contributed by atoms with E-state index in [9.17, 15) is 0 Å². The average molecular weight is 223 g/mol. The Bertz CT molecular complexity index is 321. The smallest absolute Gasteiger partial charge is 0.166 e. The van der Waals surface area contributed by atoms with Gasteiger partial charge in [0.25, 0.3) is 0 Å². The molecule has 0 aliphatic rings. The minimum absolute atomic E-state index is 0.270. The average Bonchev–Trinajstić information content (AvgIpc) is 2.17. The standard InChI is InChI=1S/C5H7ClN4S2/c1-2-3(6)4(7)8-10(2)9-5(11)12/h1H3,(H2,7,8)(H2,9,11,12). The van der Waals surface area contributed by atoms with Crippen LogP contribution in [0.4, 0.5) is 5.82 Å². The molecule has 0 aromatic carbocycles. The largest absolute Gasteiger partial charge is 0.381 e. The lowest BCUT2D eigenvalue weighted by molar-refractivity contribution is 0.795. The third-order valence-corrected chi connectivity index (χ3v) is 1.93. The van der Waals surface area contributed by atoms with E-state index in [1.807, 2.05) is 0 Å². The molecule has 0 aliphatic carbocycles. The van der Waals surface area contributed by atoms with Crippen LogP contribution in [0.1, 0.15) is 5.69 Å². The zero-order valence-electron chi connectivity index (χ0n) is 6.21. The maximum Gasteiger partial charge on any atom is 0.166 e. The zero-order valence-corrected chi connectivity index (χ0v) is 8.67. The number of nitrogens with zero attached hydrogens (tertiary/aromatic N) is 2. The topological polar surface area (TPSA) is 55.9 Å². The number of halogens is 1. The number of hydrogen-bond donors (Lipinski definition) is 3. The number of nitrogens with two attached hydrogens (primary N) is 1. The van der Waals surface area contributed by atoms with Crippen LogP contribution in [0.5, 0.6) is 0 Å². The van der Waals surface area contributed by atoms with Crippen LogP contribution >= 0.6 is 36.4 Å². The lowest BCUT2D eigenvalue weighted by Gasteiger charge is -2.03. The van der Waals surface area contributed by atoms with Gasteiger partial charge >= 0.3 is 0 Å². The highest BCUT2D eigenvalue weighted by molar-refractivity contribution is 8.11. The van der Waals surface area contributed by atoms with Crippen LogP contribution in [0.2, 0.25) is 5.02 Å². The van der Waals surface area contributed by atoms with Gasteiger partial charge in [-0.15, -0.1) is 17.7 Å². The van der Waals surface area contributed by atoms with Gasteiger partial charge < -0.3 is 5.73 Å². The fraction of sp³-hybridized carbons (Fsp3) is 0.200. The Morgan fingerprint density at radius 1 is 1.83 bits per heavy atom. The summed E-state index contributed by atoms with van der Waals surface area (Å²) in [6, 6.07) is 0.